The number of ether oxygens (including phenoxy) is 1. The van der Waals surface area contributed by atoms with Crippen molar-refractivity contribution in [2.75, 3.05) is 18.4 Å². The highest BCUT2D eigenvalue weighted by atomic mass is 19.1. The van der Waals surface area contributed by atoms with Gasteiger partial charge in [-0.2, -0.15) is 5.10 Å². The number of anilines is 1. The molecule has 0 spiro atoms. The number of benzene rings is 1. The second kappa shape index (κ2) is 8.28. The van der Waals surface area contributed by atoms with E-state index in [1.807, 2.05) is 0 Å². The molecular weight excluding hydrogens is 441 g/mol. The fraction of sp³-hybridized carbons (Fsp3) is 0.375. The normalized spacial score (nSPS) is 19.9. The monoisotopic (exact) mass is 467 g/mol. The second-order valence-electron chi connectivity index (χ2n) is 9.25. The maximum absolute atomic E-state index is 14.6. The van der Waals surface area contributed by atoms with E-state index in [0.717, 1.165) is 12.8 Å². The number of carbonyl (C=O) groups excluding carboxylic acids is 2. The minimum atomic E-state index is -0.890. The maximum Gasteiger partial charge on any atom is 0.319 e. The van der Waals surface area contributed by atoms with E-state index in [-0.39, 0.29) is 29.9 Å². The summed E-state index contributed by atoms with van der Waals surface area (Å²) in [7, 11) is 0. The lowest BCUT2D eigenvalue weighted by Gasteiger charge is -2.18. The molecule has 1 saturated carbocycles. The molecule has 10 heteroatoms. The molecule has 1 aliphatic heterocycles. The summed E-state index contributed by atoms with van der Waals surface area (Å²) in [5.41, 5.74) is 0.893. The largest absolute Gasteiger partial charge is 0.455 e. The number of likely N-dealkylation sites (tertiary alicyclic amines) is 1. The average Bonchev–Trinajstić information content (AvgIpc) is 3.42. The van der Waals surface area contributed by atoms with E-state index in [2.05, 4.69) is 15.7 Å². The predicted molar refractivity (Wildman–Crippen MR) is 123 cm³/mol. The Labute approximate surface area is 195 Å². The molecule has 9 nitrogen and oxygen atoms in total. The number of aliphatic hydroxyl groups is 1. The third kappa shape index (κ3) is 4.41. The number of aromatic nitrogens is 2. The van der Waals surface area contributed by atoms with Gasteiger partial charge >= 0.3 is 6.03 Å². The van der Waals surface area contributed by atoms with Crippen LogP contribution in [0, 0.1) is 12.7 Å². The zero-order valence-electron chi connectivity index (χ0n) is 19.0. The molecule has 2 aliphatic rings. The van der Waals surface area contributed by atoms with Crippen molar-refractivity contribution in [3.63, 3.8) is 0 Å². The molecule has 1 aromatic carbocycles. The van der Waals surface area contributed by atoms with Crippen LogP contribution in [-0.4, -0.2) is 56.3 Å². The van der Waals surface area contributed by atoms with Crippen molar-refractivity contribution in [1.29, 1.82) is 0 Å². The highest BCUT2D eigenvalue weighted by Crippen LogP contribution is 2.33. The Morgan fingerprint density at radius 2 is 2.09 bits per heavy atom. The van der Waals surface area contributed by atoms with Crippen LogP contribution in [0.2, 0.25) is 0 Å². The molecule has 2 aromatic heterocycles. The van der Waals surface area contributed by atoms with Crippen molar-refractivity contribution in [2.24, 2.45) is 0 Å². The smallest absolute Gasteiger partial charge is 0.319 e. The van der Waals surface area contributed by atoms with Crippen molar-refractivity contribution in [3.05, 3.63) is 53.6 Å². The zero-order chi connectivity index (χ0) is 24.0. The van der Waals surface area contributed by atoms with Gasteiger partial charge in [-0.15, -0.1) is 0 Å². The van der Waals surface area contributed by atoms with Crippen LogP contribution in [0.1, 0.15) is 42.1 Å². The Bertz CT molecular complexity index is 1280. The third-order valence-corrected chi connectivity index (χ3v) is 6.19. The number of hydrogen-bond donors (Lipinski definition) is 3. The van der Waals surface area contributed by atoms with Crippen LogP contribution >= 0.6 is 0 Å². The topological polar surface area (TPSA) is 108 Å². The fourth-order valence-corrected chi connectivity index (χ4v) is 4.17. The zero-order valence-corrected chi connectivity index (χ0v) is 19.0. The van der Waals surface area contributed by atoms with E-state index in [4.69, 9.17) is 4.74 Å². The van der Waals surface area contributed by atoms with Gasteiger partial charge in [-0.25, -0.2) is 13.7 Å². The van der Waals surface area contributed by atoms with Crippen LogP contribution in [0.25, 0.3) is 5.52 Å². The number of urea groups is 1. The summed E-state index contributed by atoms with van der Waals surface area (Å²) in [5, 5.41) is 19.8. The number of carbonyl (C=O) groups is 2. The van der Waals surface area contributed by atoms with Gasteiger partial charge in [0.2, 0.25) is 0 Å². The summed E-state index contributed by atoms with van der Waals surface area (Å²) >= 11 is 0. The first-order valence-electron chi connectivity index (χ1n) is 11.2. The number of aryl methyl sites for hydroxylation is 1. The van der Waals surface area contributed by atoms with Crippen LogP contribution in [0.5, 0.6) is 11.5 Å². The number of fused-ring (bicyclic) bond motifs is 1. The molecule has 34 heavy (non-hydrogen) atoms. The molecule has 3 amide bonds. The minimum Gasteiger partial charge on any atom is -0.455 e. The molecule has 1 aliphatic carbocycles. The van der Waals surface area contributed by atoms with Crippen LogP contribution < -0.4 is 15.4 Å². The average molecular weight is 468 g/mol. The predicted octanol–water partition coefficient (Wildman–Crippen LogP) is 3.45. The minimum absolute atomic E-state index is 0.0543. The molecule has 3 aromatic rings. The van der Waals surface area contributed by atoms with Gasteiger partial charge in [-0.1, -0.05) is 0 Å². The first kappa shape index (κ1) is 22.1. The summed E-state index contributed by atoms with van der Waals surface area (Å²) in [4.78, 5) is 26.6. The maximum atomic E-state index is 14.6. The third-order valence-electron chi connectivity index (χ3n) is 6.19. The van der Waals surface area contributed by atoms with E-state index in [1.54, 1.807) is 41.6 Å². The van der Waals surface area contributed by atoms with Crippen LogP contribution in [0.15, 0.2) is 36.7 Å². The van der Waals surface area contributed by atoms with Gasteiger partial charge in [-0.3, -0.25) is 4.79 Å². The molecule has 0 bridgehead atoms. The van der Waals surface area contributed by atoms with Gasteiger partial charge < -0.3 is 25.4 Å². The number of hydrogen-bond acceptors (Lipinski definition) is 5. The van der Waals surface area contributed by atoms with Gasteiger partial charge in [0.05, 0.1) is 23.0 Å². The number of β-amino-alcohol motifs (C(OH)–C–C–N with tert-alkyl or cyclic N) is 1. The van der Waals surface area contributed by atoms with Crippen molar-refractivity contribution < 1.29 is 23.8 Å². The lowest BCUT2D eigenvalue weighted by molar-refractivity contribution is 0.0572. The number of halogens is 1. The Balaban J connectivity index is 1.37. The van der Waals surface area contributed by atoms with Crippen LogP contribution in [0.4, 0.5) is 14.9 Å². The molecule has 3 heterocycles. The van der Waals surface area contributed by atoms with E-state index >= 15 is 0 Å². The lowest BCUT2D eigenvalue weighted by atomic mass is 10.1. The molecule has 1 saturated heterocycles. The Morgan fingerprint density at radius 3 is 2.76 bits per heavy atom. The number of nitrogens with zero attached hydrogens (tertiary/aromatic N) is 3. The molecular formula is C24H26FN5O4. The standard InChI is InChI=1S/C24H26FN5O4/c1-14-17(22(31)29-10-8-24(2,33)13-29)12-30-21(14)20(7-9-26-30)34-16-5-6-19(18(25)11-16)28-23(32)27-15-3-4-15/h5-7,9,11-12,15,33H,3-4,8,10,13H2,1-2H3,(H2,27,28,32)/t24-/m0/s1. The van der Waals surface area contributed by atoms with Gasteiger partial charge in [0.15, 0.2) is 5.75 Å². The van der Waals surface area contributed by atoms with Gasteiger partial charge in [0.25, 0.3) is 5.91 Å². The van der Waals surface area contributed by atoms with E-state index < -0.39 is 17.4 Å². The summed E-state index contributed by atoms with van der Waals surface area (Å²) < 4.78 is 22.1. The molecule has 1 atom stereocenters. The molecule has 0 unspecified atom stereocenters. The molecule has 5 rings (SSSR count). The highest BCUT2D eigenvalue weighted by molar-refractivity contribution is 5.98. The molecule has 2 fully saturated rings. The molecule has 0 radical (unpaired) electrons. The Kier molecular flexibility index (Phi) is 5.40. The summed E-state index contributed by atoms with van der Waals surface area (Å²) in [6.45, 7) is 4.27. The van der Waals surface area contributed by atoms with Gasteiger partial charge in [0.1, 0.15) is 17.1 Å². The van der Waals surface area contributed by atoms with Crippen molar-refractivity contribution in [3.8, 4) is 11.5 Å². The van der Waals surface area contributed by atoms with Gasteiger partial charge in [0, 0.05) is 37.5 Å². The fourth-order valence-electron chi connectivity index (χ4n) is 4.17. The quantitative estimate of drug-likeness (QED) is 0.533. The Morgan fingerprint density at radius 1 is 1.29 bits per heavy atom. The molecule has 3 N–H and O–H groups in total. The SMILES string of the molecule is Cc1c(C(=O)N2CC[C@](C)(O)C2)cn2nccc(Oc3ccc(NC(=O)NC4CC4)c(F)c3)c12. The number of rotatable bonds is 5. The summed E-state index contributed by atoms with van der Waals surface area (Å²) in [6.07, 6.45) is 5.57. The summed E-state index contributed by atoms with van der Waals surface area (Å²) in [5.74, 6) is -0.162. The lowest BCUT2D eigenvalue weighted by Crippen LogP contribution is -2.34. The number of amides is 3. The van der Waals surface area contributed by atoms with E-state index in [9.17, 15) is 19.1 Å². The highest BCUT2D eigenvalue weighted by Gasteiger charge is 2.35. The van der Waals surface area contributed by atoms with Crippen molar-refractivity contribution >= 4 is 23.1 Å². The number of nitrogens with one attached hydrogen (secondary N) is 2. The van der Waals surface area contributed by atoms with E-state index in [1.165, 1.54) is 18.3 Å². The van der Waals surface area contributed by atoms with Crippen LogP contribution in [-0.2, 0) is 0 Å². The Hall–Kier alpha value is -3.66. The first-order valence-corrected chi connectivity index (χ1v) is 11.2. The molecule has 178 valence electrons. The van der Waals surface area contributed by atoms with Gasteiger partial charge in [-0.05, 0) is 50.8 Å². The van der Waals surface area contributed by atoms with Crippen molar-refractivity contribution in [2.45, 2.75) is 44.8 Å². The second-order valence-corrected chi connectivity index (χ2v) is 9.25. The van der Waals surface area contributed by atoms with Crippen molar-refractivity contribution in [1.82, 2.24) is 19.8 Å². The van der Waals surface area contributed by atoms with Crippen LogP contribution in [0.3, 0.4) is 0 Å². The van der Waals surface area contributed by atoms with E-state index in [0.29, 0.717) is 35.4 Å². The first-order chi connectivity index (χ1) is 16.2. The summed E-state index contributed by atoms with van der Waals surface area (Å²) in [6, 6.07) is 5.56.